The average molecular weight is 251 g/mol. The lowest BCUT2D eigenvalue weighted by atomic mass is 10.1. The van der Waals surface area contributed by atoms with Gasteiger partial charge in [-0.05, 0) is 36.3 Å². The Hall–Kier alpha value is -0.670. The molecule has 1 aromatic rings. The van der Waals surface area contributed by atoms with Crippen molar-refractivity contribution < 1.29 is 5.11 Å². The van der Waals surface area contributed by atoms with E-state index in [2.05, 4.69) is 29.2 Å². The molecular weight excluding hydrogens is 230 g/mol. The molecule has 1 atom stereocenters. The van der Waals surface area contributed by atoms with Gasteiger partial charge in [0.15, 0.2) is 0 Å². The highest BCUT2D eigenvalue weighted by Gasteiger charge is 2.10. The predicted molar refractivity (Wildman–Crippen MR) is 75.8 cm³/mol. The van der Waals surface area contributed by atoms with Crippen LogP contribution in [0, 0.1) is 0 Å². The first-order valence-corrected chi connectivity index (χ1v) is 7.57. The molecule has 0 bridgehead atoms. The zero-order valence-corrected chi connectivity index (χ0v) is 11.2. The summed E-state index contributed by atoms with van der Waals surface area (Å²) < 4.78 is 0. The number of rotatable bonds is 3. The quantitative estimate of drug-likeness (QED) is 0.893. The molecule has 1 unspecified atom stereocenters. The Morgan fingerprint density at radius 2 is 2.00 bits per heavy atom. The number of hydrogen-bond acceptors (Lipinski definition) is 3. The highest BCUT2D eigenvalue weighted by atomic mass is 32.2. The number of nitrogens with zero attached hydrogens (tertiary/aromatic N) is 1. The zero-order chi connectivity index (χ0) is 12.1. The van der Waals surface area contributed by atoms with Gasteiger partial charge >= 0.3 is 0 Å². The molecular formula is C14H21NOS. The van der Waals surface area contributed by atoms with Crippen molar-refractivity contribution in [2.75, 3.05) is 29.5 Å². The van der Waals surface area contributed by atoms with Crippen molar-refractivity contribution in [1.29, 1.82) is 0 Å². The molecule has 94 valence electrons. The minimum Gasteiger partial charge on any atom is -0.388 e. The van der Waals surface area contributed by atoms with Crippen molar-refractivity contribution in [3.63, 3.8) is 0 Å². The van der Waals surface area contributed by atoms with E-state index >= 15 is 0 Å². The molecule has 0 spiro atoms. The van der Waals surface area contributed by atoms with Gasteiger partial charge in [0, 0.05) is 24.5 Å². The summed E-state index contributed by atoms with van der Waals surface area (Å²) in [6.07, 6.45) is 1.73. The van der Waals surface area contributed by atoms with Gasteiger partial charge in [-0.2, -0.15) is 11.8 Å². The first-order chi connectivity index (χ1) is 8.31. The monoisotopic (exact) mass is 251 g/mol. The third kappa shape index (κ3) is 3.39. The molecule has 0 aliphatic carbocycles. The molecule has 3 heteroatoms. The summed E-state index contributed by atoms with van der Waals surface area (Å²) in [6, 6.07) is 8.40. The molecule has 2 nitrogen and oxygen atoms in total. The minimum atomic E-state index is -0.316. The van der Waals surface area contributed by atoms with Crippen molar-refractivity contribution in [2.24, 2.45) is 0 Å². The van der Waals surface area contributed by atoms with Crippen molar-refractivity contribution in [3.8, 4) is 0 Å². The molecule has 1 fully saturated rings. The maximum atomic E-state index is 9.76. The fraction of sp³-hybridized carbons (Fsp3) is 0.571. The normalized spacial score (nSPS) is 18.8. The van der Waals surface area contributed by atoms with Crippen LogP contribution in [0.15, 0.2) is 24.3 Å². The lowest BCUT2D eigenvalue weighted by Crippen LogP contribution is -2.25. The number of thioether (sulfide) groups is 1. The fourth-order valence-corrected chi connectivity index (χ4v) is 3.03. The summed E-state index contributed by atoms with van der Waals surface area (Å²) in [5, 5.41) is 9.76. The van der Waals surface area contributed by atoms with Crippen LogP contribution in [0.4, 0.5) is 5.69 Å². The van der Waals surface area contributed by atoms with Gasteiger partial charge < -0.3 is 10.0 Å². The van der Waals surface area contributed by atoms with Gasteiger partial charge in [-0.3, -0.25) is 0 Å². The van der Waals surface area contributed by atoms with Gasteiger partial charge in [0.05, 0.1) is 6.10 Å². The maximum Gasteiger partial charge on any atom is 0.0787 e. The smallest absolute Gasteiger partial charge is 0.0787 e. The van der Waals surface area contributed by atoms with Crippen LogP contribution in [0.25, 0.3) is 0 Å². The SMILES string of the molecule is CCC(O)c1ccc(N2CCCSCC2)cc1. The van der Waals surface area contributed by atoms with Gasteiger partial charge in [0.1, 0.15) is 0 Å². The lowest BCUT2D eigenvalue weighted by Gasteiger charge is -2.22. The predicted octanol–water partition coefficient (Wildman–Crippen LogP) is 3.07. The van der Waals surface area contributed by atoms with Crippen LogP contribution in [0.3, 0.4) is 0 Å². The fourth-order valence-electron chi connectivity index (χ4n) is 2.15. The highest BCUT2D eigenvalue weighted by molar-refractivity contribution is 7.99. The van der Waals surface area contributed by atoms with Crippen LogP contribution in [0.2, 0.25) is 0 Å². The highest BCUT2D eigenvalue weighted by Crippen LogP contribution is 2.23. The molecule has 1 heterocycles. The molecule has 0 radical (unpaired) electrons. The van der Waals surface area contributed by atoms with Gasteiger partial charge in [-0.1, -0.05) is 19.1 Å². The Bertz CT molecular complexity index is 331. The molecule has 1 saturated heterocycles. The van der Waals surface area contributed by atoms with Crippen LogP contribution < -0.4 is 4.90 Å². The number of hydrogen-bond donors (Lipinski definition) is 1. The van der Waals surface area contributed by atoms with E-state index in [9.17, 15) is 5.11 Å². The van der Waals surface area contributed by atoms with Crippen LogP contribution in [0.5, 0.6) is 0 Å². The first kappa shape index (κ1) is 12.8. The molecule has 0 saturated carbocycles. The van der Waals surface area contributed by atoms with Crippen molar-refractivity contribution in [1.82, 2.24) is 0 Å². The topological polar surface area (TPSA) is 23.5 Å². The summed E-state index contributed by atoms with van der Waals surface area (Å²) in [7, 11) is 0. The summed E-state index contributed by atoms with van der Waals surface area (Å²) >= 11 is 2.04. The summed E-state index contributed by atoms with van der Waals surface area (Å²) in [5.41, 5.74) is 2.32. The van der Waals surface area contributed by atoms with Crippen molar-refractivity contribution in [3.05, 3.63) is 29.8 Å². The largest absolute Gasteiger partial charge is 0.388 e. The molecule has 0 aromatic heterocycles. The van der Waals surface area contributed by atoms with E-state index in [1.165, 1.54) is 23.6 Å². The van der Waals surface area contributed by atoms with Crippen LogP contribution in [-0.2, 0) is 0 Å². The minimum absolute atomic E-state index is 0.316. The summed E-state index contributed by atoms with van der Waals surface area (Å²) in [5.74, 6) is 2.50. The third-order valence-corrected chi connectivity index (χ3v) is 4.30. The van der Waals surface area contributed by atoms with E-state index in [0.717, 1.165) is 25.1 Å². The van der Waals surface area contributed by atoms with Gasteiger partial charge in [-0.15, -0.1) is 0 Å². The number of aliphatic hydroxyl groups is 1. The van der Waals surface area contributed by atoms with Crippen LogP contribution in [-0.4, -0.2) is 29.7 Å². The Morgan fingerprint density at radius 3 is 2.71 bits per heavy atom. The van der Waals surface area contributed by atoms with Crippen LogP contribution in [0.1, 0.15) is 31.4 Å². The second-order valence-corrected chi connectivity index (χ2v) is 5.69. The molecule has 17 heavy (non-hydrogen) atoms. The van der Waals surface area contributed by atoms with E-state index in [1.54, 1.807) is 0 Å². The van der Waals surface area contributed by atoms with Gasteiger partial charge in [-0.25, -0.2) is 0 Å². The number of anilines is 1. The van der Waals surface area contributed by atoms with E-state index in [-0.39, 0.29) is 6.10 Å². The second kappa shape index (κ2) is 6.31. The van der Waals surface area contributed by atoms with E-state index in [4.69, 9.17) is 0 Å². The van der Waals surface area contributed by atoms with Crippen LogP contribution >= 0.6 is 11.8 Å². The second-order valence-electron chi connectivity index (χ2n) is 4.47. The maximum absolute atomic E-state index is 9.76. The molecule has 1 aliphatic rings. The molecule has 2 rings (SSSR count). The van der Waals surface area contributed by atoms with Crippen molar-refractivity contribution >= 4 is 17.4 Å². The lowest BCUT2D eigenvalue weighted by molar-refractivity contribution is 0.173. The first-order valence-electron chi connectivity index (χ1n) is 6.42. The summed E-state index contributed by atoms with van der Waals surface area (Å²) in [4.78, 5) is 2.45. The van der Waals surface area contributed by atoms with E-state index in [0.29, 0.717) is 0 Å². The summed E-state index contributed by atoms with van der Waals surface area (Å²) in [6.45, 7) is 4.30. The van der Waals surface area contributed by atoms with E-state index in [1.807, 2.05) is 18.7 Å². The Labute approximate surface area is 108 Å². The van der Waals surface area contributed by atoms with E-state index < -0.39 is 0 Å². The number of benzene rings is 1. The average Bonchev–Trinajstić information content (AvgIpc) is 2.67. The third-order valence-electron chi connectivity index (χ3n) is 3.25. The molecule has 1 aliphatic heterocycles. The Kier molecular flexibility index (Phi) is 4.75. The van der Waals surface area contributed by atoms with Gasteiger partial charge in [0.2, 0.25) is 0 Å². The molecule has 1 N–H and O–H groups in total. The van der Waals surface area contributed by atoms with Gasteiger partial charge in [0.25, 0.3) is 0 Å². The molecule has 0 amide bonds. The Morgan fingerprint density at radius 1 is 1.24 bits per heavy atom. The Balaban J connectivity index is 2.05. The van der Waals surface area contributed by atoms with Crippen molar-refractivity contribution in [2.45, 2.75) is 25.9 Å². The molecule has 1 aromatic carbocycles. The standard InChI is InChI=1S/C14H21NOS/c1-2-14(16)12-4-6-13(7-5-12)15-8-3-10-17-11-9-15/h4-7,14,16H,2-3,8-11H2,1H3. The zero-order valence-electron chi connectivity index (χ0n) is 10.4. The number of aliphatic hydroxyl groups excluding tert-OH is 1.